The summed E-state index contributed by atoms with van der Waals surface area (Å²) in [7, 11) is 0. The van der Waals surface area contributed by atoms with E-state index in [0.717, 1.165) is 16.9 Å². The van der Waals surface area contributed by atoms with Crippen molar-refractivity contribution < 1.29 is 14.3 Å². The summed E-state index contributed by atoms with van der Waals surface area (Å²) in [5.74, 6) is -0.902. The first-order valence-corrected chi connectivity index (χ1v) is 9.21. The molecule has 3 rings (SSSR count). The van der Waals surface area contributed by atoms with Crippen molar-refractivity contribution in [2.75, 3.05) is 11.5 Å². The van der Waals surface area contributed by atoms with Gasteiger partial charge in [-0.05, 0) is 31.5 Å². The van der Waals surface area contributed by atoms with Crippen LogP contribution in [0.25, 0.3) is 5.70 Å². The van der Waals surface area contributed by atoms with Gasteiger partial charge in [0.05, 0.1) is 12.3 Å². The van der Waals surface area contributed by atoms with Crippen molar-refractivity contribution in [1.29, 1.82) is 0 Å². The Bertz CT molecular complexity index is 873. The molecule has 5 heteroatoms. The number of rotatable bonds is 5. The number of carbonyl (C=O) groups excluding carboxylic acids is 2. The molecule has 0 saturated heterocycles. The molecule has 4 nitrogen and oxygen atoms in total. The van der Waals surface area contributed by atoms with Crippen LogP contribution in [-0.4, -0.2) is 18.4 Å². The van der Waals surface area contributed by atoms with Crippen LogP contribution >= 0.6 is 11.8 Å². The first kappa shape index (κ1) is 18.0. The standard InChI is InChI=1S/C21H19NO3S/c1-3-25-21(24)19(15(2)23)20-22(17-12-8-5-9-13-17)18(14-26-20)16-10-6-4-7-11-16/h4-14H,3H2,1-2H3/b20-19+. The third-order valence-electron chi connectivity index (χ3n) is 3.86. The highest BCUT2D eigenvalue weighted by molar-refractivity contribution is 8.06. The van der Waals surface area contributed by atoms with Gasteiger partial charge in [-0.25, -0.2) is 4.79 Å². The summed E-state index contributed by atoms with van der Waals surface area (Å²) in [5, 5.41) is 2.53. The second-order valence-electron chi connectivity index (χ2n) is 5.61. The number of Topliss-reactive ketones (excluding diaryl/α,β-unsaturated/α-hetero) is 1. The Morgan fingerprint density at radius 1 is 1.00 bits per heavy atom. The number of hydrogen-bond acceptors (Lipinski definition) is 5. The van der Waals surface area contributed by atoms with Gasteiger partial charge < -0.3 is 9.64 Å². The van der Waals surface area contributed by atoms with E-state index >= 15 is 0 Å². The molecule has 2 aromatic rings. The van der Waals surface area contributed by atoms with Gasteiger partial charge in [-0.3, -0.25) is 4.79 Å². The Kier molecular flexibility index (Phi) is 5.58. The lowest BCUT2D eigenvalue weighted by Crippen LogP contribution is -2.23. The third kappa shape index (κ3) is 3.58. The zero-order valence-electron chi connectivity index (χ0n) is 14.6. The van der Waals surface area contributed by atoms with Crippen molar-refractivity contribution in [3.63, 3.8) is 0 Å². The van der Waals surface area contributed by atoms with Crippen molar-refractivity contribution >= 4 is 34.9 Å². The minimum absolute atomic E-state index is 0.0721. The number of thioether (sulfide) groups is 1. The number of esters is 1. The summed E-state index contributed by atoms with van der Waals surface area (Å²) in [5.41, 5.74) is 2.87. The molecular weight excluding hydrogens is 346 g/mol. The van der Waals surface area contributed by atoms with E-state index in [-0.39, 0.29) is 18.0 Å². The molecule has 0 fully saturated rings. The lowest BCUT2D eigenvalue weighted by molar-refractivity contribution is -0.139. The SMILES string of the molecule is CCOC(=O)/C(C(C)=O)=C1/SC=C(c2ccccc2)N1c1ccccc1. The average molecular weight is 365 g/mol. The Morgan fingerprint density at radius 2 is 1.62 bits per heavy atom. The maximum absolute atomic E-state index is 12.4. The Balaban J connectivity index is 2.16. The Morgan fingerprint density at radius 3 is 2.19 bits per heavy atom. The monoisotopic (exact) mass is 365 g/mol. The number of ketones is 1. The smallest absolute Gasteiger partial charge is 0.344 e. The molecular formula is C21H19NO3S. The molecule has 132 valence electrons. The highest BCUT2D eigenvalue weighted by Crippen LogP contribution is 2.44. The summed E-state index contributed by atoms with van der Waals surface area (Å²) in [6, 6.07) is 19.6. The van der Waals surface area contributed by atoms with Gasteiger partial charge in [0.2, 0.25) is 0 Å². The number of carbonyl (C=O) groups is 2. The molecule has 0 amide bonds. The van der Waals surface area contributed by atoms with Crippen LogP contribution in [0.1, 0.15) is 19.4 Å². The molecule has 0 spiro atoms. The van der Waals surface area contributed by atoms with Crippen molar-refractivity contribution in [2.45, 2.75) is 13.8 Å². The van der Waals surface area contributed by atoms with Crippen LogP contribution in [0.5, 0.6) is 0 Å². The molecule has 0 aromatic heterocycles. The minimum Gasteiger partial charge on any atom is -0.462 e. The highest BCUT2D eigenvalue weighted by atomic mass is 32.2. The molecule has 0 N–H and O–H groups in total. The molecule has 0 aliphatic carbocycles. The van der Waals surface area contributed by atoms with Crippen LogP contribution in [0, 0.1) is 0 Å². The van der Waals surface area contributed by atoms with E-state index in [1.165, 1.54) is 18.7 Å². The molecule has 0 saturated carbocycles. The van der Waals surface area contributed by atoms with E-state index in [1.54, 1.807) is 6.92 Å². The molecule has 0 atom stereocenters. The fraction of sp³-hybridized carbons (Fsp3) is 0.143. The molecule has 26 heavy (non-hydrogen) atoms. The van der Waals surface area contributed by atoms with E-state index in [1.807, 2.05) is 71.0 Å². The van der Waals surface area contributed by atoms with Crippen molar-refractivity contribution in [2.24, 2.45) is 0 Å². The van der Waals surface area contributed by atoms with Crippen LogP contribution in [0.15, 0.2) is 76.7 Å². The van der Waals surface area contributed by atoms with Gasteiger partial charge in [0.15, 0.2) is 5.78 Å². The van der Waals surface area contributed by atoms with Gasteiger partial charge in [0, 0.05) is 11.1 Å². The fourth-order valence-corrected chi connectivity index (χ4v) is 3.84. The number of ether oxygens (including phenoxy) is 1. The number of hydrogen-bond donors (Lipinski definition) is 0. The van der Waals surface area contributed by atoms with Crippen molar-refractivity contribution in [3.05, 3.63) is 82.2 Å². The van der Waals surface area contributed by atoms with Crippen LogP contribution in [0.2, 0.25) is 0 Å². The third-order valence-corrected chi connectivity index (χ3v) is 4.81. The molecule has 0 unspecified atom stereocenters. The first-order chi connectivity index (χ1) is 12.6. The summed E-state index contributed by atoms with van der Waals surface area (Å²) in [6.07, 6.45) is 0. The van der Waals surface area contributed by atoms with Crippen molar-refractivity contribution in [3.8, 4) is 0 Å². The molecule has 0 radical (unpaired) electrons. The maximum Gasteiger partial charge on any atom is 0.344 e. The summed E-state index contributed by atoms with van der Waals surface area (Å²) in [6.45, 7) is 3.34. The van der Waals surface area contributed by atoms with Crippen molar-refractivity contribution in [1.82, 2.24) is 0 Å². The number of benzene rings is 2. The van der Waals surface area contributed by atoms with Crippen LogP contribution < -0.4 is 4.90 Å². The lowest BCUT2D eigenvalue weighted by Gasteiger charge is -2.25. The number of anilines is 1. The summed E-state index contributed by atoms with van der Waals surface area (Å²) < 4.78 is 5.12. The maximum atomic E-state index is 12.4. The zero-order valence-corrected chi connectivity index (χ0v) is 15.5. The lowest BCUT2D eigenvalue weighted by atomic mass is 10.1. The van der Waals surface area contributed by atoms with E-state index in [9.17, 15) is 9.59 Å². The predicted octanol–water partition coefficient (Wildman–Crippen LogP) is 4.60. The van der Waals surface area contributed by atoms with Gasteiger partial charge in [0.1, 0.15) is 10.6 Å². The molecule has 1 aliphatic rings. The van der Waals surface area contributed by atoms with E-state index in [2.05, 4.69) is 0 Å². The first-order valence-electron chi connectivity index (χ1n) is 8.33. The van der Waals surface area contributed by atoms with Gasteiger partial charge in [0.25, 0.3) is 0 Å². The van der Waals surface area contributed by atoms with Gasteiger partial charge in [-0.2, -0.15) is 0 Å². The van der Waals surface area contributed by atoms with Crippen LogP contribution in [0.4, 0.5) is 5.69 Å². The minimum atomic E-state index is -0.592. The largest absolute Gasteiger partial charge is 0.462 e. The predicted molar refractivity (Wildman–Crippen MR) is 105 cm³/mol. The number of nitrogens with zero attached hydrogens (tertiary/aromatic N) is 1. The van der Waals surface area contributed by atoms with Gasteiger partial charge in [-0.1, -0.05) is 60.3 Å². The van der Waals surface area contributed by atoms with Crippen LogP contribution in [-0.2, 0) is 14.3 Å². The van der Waals surface area contributed by atoms with Crippen LogP contribution in [0.3, 0.4) is 0 Å². The Hall–Kier alpha value is -2.79. The fourth-order valence-electron chi connectivity index (χ4n) is 2.72. The van der Waals surface area contributed by atoms with E-state index in [4.69, 9.17) is 4.74 Å². The summed E-state index contributed by atoms with van der Waals surface area (Å²) in [4.78, 5) is 26.6. The second kappa shape index (κ2) is 8.06. The quantitative estimate of drug-likeness (QED) is 0.335. The molecule has 1 heterocycles. The average Bonchev–Trinajstić information content (AvgIpc) is 3.07. The normalized spacial score (nSPS) is 15.5. The zero-order chi connectivity index (χ0) is 18.5. The molecule has 2 aromatic carbocycles. The summed E-state index contributed by atoms with van der Waals surface area (Å²) >= 11 is 1.36. The Labute approximate surface area is 157 Å². The van der Waals surface area contributed by atoms with E-state index in [0.29, 0.717) is 5.03 Å². The topological polar surface area (TPSA) is 46.6 Å². The van der Waals surface area contributed by atoms with Gasteiger partial charge in [-0.15, -0.1) is 0 Å². The molecule has 1 aliphatic heterocycles. The second-order valence-corrected chi connectivity index (χ2v) is 6.47. The number of para-hydroxylation sites is 1. The molecule has 0 bridgehead atoms. The van der Waals surface area contributed by atoms with Gasteiger partial charge >= 0.3 is 5.97 Å². The highest BCUT2D eigenvalue weighted by Gasteiger charge is 2.32. The van der Waals surface area contributed by atoms with E-state index < -0.39 is 5.97 Å².